The molecule has 0 atom stereocenters. The monoisotopic (exact) mass is 208 g/mol. The molecule has 0 bridgehead atoms. The second-order valence-electron chi connectivity index (χ2n) is 2.94. The van der Waals surface area contributed by atoms with Gasteiger partial charge in [-0.3, -0.25) is 4.98 Å². The summed E-state index contributed by atoms with van der Waals surface area (Å²) in [7, 11) is 0. The lowest BCUT2D eigenvalue weighted by Gasteiger charge is -2.06. The molecule has 0 amide bonds. The van der Waals surface area contributed by atoms with E-state index in [1.54, 1.807) is 12.4 Å². The van der Waals surface area contributed by atoms with E-state index in [2.05, 4.69) is 16.2 Å². The van der Waals surface area contributed by atoms with E-state index in [1.807, 2.05) is 6.07 Å². The third-order valence-electron chi connectivity index (χ3n) is 1.84. The van der Waals surface area contributed by atoms with Crippen molar-refractivity contribution in [1.82, 2.24) is 4.98 Å². The Bertz CT molecular complexity index is 317. The predicted molar refractivity (Wildman–Crippen MR) is 60.4 cm³/mol. The minimum Gasteiger partial charge on any atom is -0.384 e. The second-order valence-corrected chi connectivity index (χ2v) is 3.35. The van der Waals surface area contributed by atoms with Crippen LogP contribution in [0.2, 0.25) is 5.02 Å². The number of nitrogens with one attached hydrogen (secondary N) is 1. The number of aromatic nitrogens is 1. The molecule has 1 aromatic rings. The van der Waals surface area contributed by atoms with Gasteiger partial charge in [-0.25, -0.2) is 0 Å². The highest BCUT2D eigenvalue weighted by atomic mass is 35.5. The minimum absolute atomic E-state index is 0.657. The van der Waals surface area contributed by atoms with Crippen LogP contribution in [0.3, 0.4) is 0 Å². The zero-order chi connectivity index (χ0) is 10.2. The normalized spacial score (nSPS) is 9.43. The number of terminal acetylenes is 1. The number of hydrogen-bond donors (Lipinski definition) is 1. The molecule has 0 aliphatic carbocycles. The summed E-state index contributed by atoms with van der Waals surface area (Å²) in [6.07, 6.45) is 11.4. The summed E-state index contributed by atoms with van der Waals surface area (Å²) in [6, 6.07) is 1.86. The lowest BCUT2D eigenvalue weighted by molar-refractivity contribution is 0.789. The highest BCUT2D eigenvalue weighted by molar-refractivity contribution is 6.33. The van der Waals surface area contributed by atoms with Crippen LogP contribution in [0.5, 0.6) is 0 Å². The fourth-order valence-electron chi connectivity index (χ4n) is 1.09. The van der Waals surface area contributed by atoms with E-state index in [1.165, 1.54) is 0 Å². The fourth-order valence-corrected chi connectivity index (χ4v) is 1.28. The number of rotatable bonds is 5. The van der Waals surface area contributed by atoms with Gasteiger partial charge in [-0.1, -0.05) is 11.6 Å². The maximum absolute atomic E-state index is 5.91. The van der Waals surface area contributed by atoms with Crippen LogP contribution >= 0.6 is 11.6 Å². The van der Waals surface area contributed by atoms with Gasteiger partial charge in [0.25, 0.3) is 0 Å². The van der Waals surface area contributed by atoms with Crippen LogP contribution in [0.1, 0.15) is 19.3 Å². The van der Waals surface area contributed by atoms with Crippen molar-refractivity contribution in [2.24, 2.45) is 0 Å². The van der Waals surface area contributed by atoms with Crippen molar-refractivity contribution >= 4 is 17.3 Å². The molecular weight excluding hydrogens is 196 g/mol. The molecule has 0 aliphatic rings. The van der Waals surface area contributed by atoms with Gasteiger partial charge in [0, 0.05) is 25.4 Å². The van der Waals surface area contributed by atoms with Gasteiger partial charge in [0.15, 0.2) is 0 Å². The Balaban J connectivity index is 2.25. The van der Waals surface area contributed by atoms with Crippen molar-refractivity contribution in [2.45, 2.75) is 19.3 Å². The van der Waals surface area contributed by atoms with E-state index in [9.17, 15) is 0 Å². The molecule has 0 saturated heterocycles. The van der Waals surface area contributed by atoms with E-state index in [4.69, 9.17) is 18.0 Å². The van der Waals surface area contributed by atoms with Crippen LogP contribution in [-0.4, -0.2) is 11.5 Å². The Labute approximate surface area is 89.7 Å². The molecule has 0 radical (unpaired) electrons. The smallest absolute Gasteiger partial charge is 0.0820 e. The van der Waals surface area contributed by atoms with Crippen molar-refractivity contribution in [2.75, 3.05) is 11.9 Å². The Morgan fingerprint density at radius 1 is 1.50 bits per heavy atom. The van der Waals surface area contributed by atoms with Crippen LogP contribution in [0, 0.1) is 12.3 Å². The quantitative estimate of drug-likeness (QED) is 0.595. The van der Waals surface area contributed by atoms with Crippen LogP contribution in [0.25, 0.3) is 0 Å². The SMILES string of the molecule is C#CCCCCNc1ccncc1Cl. The van der Waals surface area contributed by atoms with Crippen molar-refractivity contribution < 1.29 is 0 Å². The van der Waals surface area contributed by atoms with Crippen molar-refractivity contribution in [1.29, 1.82) is 0 Å². The molecule has 0 unspecified atom stereocenters. The third-order valence-corrected chi connectivity index (χ3v) is 2.14. The highest BCUT2D eigenvalue weighted by Gasteiger charge is 1.96. The lowest BCUT2D eigenvalue weighted by atomic mass is 10.2. The Kier molecular flexibility index (Phi) is 4.88. The molecule has 3 heteroatoms. The minimum atomic E-state index is 0.657. The number of halogens is 1. The average molecular weight is 209 g/mol. The number of pyridine rings is 1. The molecule has 1 N–H and O–H groups in total. The van der Waals surface area contributed by atoms with E-state index >= 15 is 0 Å². The van der Waals surface area contributed by atoms with E-state index in [0.29, 0.717) is 5.02 Å². The topological polar surface area (TPSA) is 24.9 Å². The first-order valence-corrected chi connectivity index (χ1v) is 4.99. The largest absolute Gasteiger partial charge is 0.384 e. The molecule has 0 fully saturated rings. The Morgan fingerprint density at radius 3 is 3.07 bits per heavy atom. The molecule has 14 heavy (non-hydrogen) atoms. The molecule has 0 saturated carbocycles. The van der Waals surface area contributed by atoms with Gasteiger partial charge >= 0.3 is 0 Å². The Hall–Kier alpha value is -1.20. The maximum atomic E-state index is 5.91. The van der Waals surface area contributed by atoms with Crippen molar-refractivity contribution in [3.63, 3.8) is 0 Å². The summed E-state index contributed by atoms with van der Waals surface area (Å²) in [4.78, 5) is 3.90. The lowest BCUT2D eigenvalue weighted by Crippen LogP contribution is -2.01. The molecule has 1 heterocycles. The number of unbranched alkanes of at least 4 members (excludes halogenated alkanes) is 2. The van der Waals surface area contributed by atoms with Crippen molar-refractivity contribution in [3.8, 4) is 12.3 Å². The van der Waals surface area contributed by atoms with Crippen LogP contribution in [-0.2, 0) is 0 Å². The summed E-state index contributed by atoms with van der Waals surface area (Å²) < 4.78 is 0. The molecule has 0 aliphatic heterocycles. The van der Waals surface area contributed by atoms with Gasteiger partial charge in [0.05, 0.1) is 10.7 Å². The summed E-state index contributed by atoms with van der Waals surface area (Å²) in [5.41, 5.74) is 0.933. The first kappa shape index (κ1) is 10.9. The van der Waals surface area contributed by atoms with Gasteiger partial charge in [-0.05, 0) is 18.9 Å². The molecule has 74 valence electrons. The van der Waals surface area contributed by atoms with E-state index < -0.39 is 0 Å². The van der Waals surface area contributed by atoms with Gasteiger partial charge in [0.1, 0.15) is 0 Å². The third kappa shape index (κ3) is 3.68. The fraction of sp³-hybridized carbons (Fsp3) is 0.364. The second kappa shape index (κ2) is 6.28. The maximum Gasteiger partial charge on any atom is 0.0820 e. The highest BCUT2D eigenvalue weighted by Crippen LogP contribution is 2.18. The molecule has 1 aromatic heterocycles. The molecule has 1 rings (SSSR count). The summed E-state index contributed by atoms with van der Waals surface area (Å²) in [5.74, 6) is 2.61. The van der Waals surface area contributed by atoms with E-state index in [0.717, 1.165) is 31.5 Å². The summed E-state index contributed by atoms with van der Waals surface area (Å²) in [5, 5.41) is 3.89. The molecule has 2 nitrogen and oxygen atoms in total. The van der Waals surface area contributed by atoms with Gasteiger partial charge in [-0.15, -0.1) is 12.3 Å². The van der Waals surface area contributed by atoms with Gasteiger partial charge in [0.2, 0.25) is 0 Å². The molecular formula is C11H13ClN2. The summed E-state index contributed by atoms with van der Waals surface area (Å²) in [6.45, 7) is 0.894. The van der Waals surface area contributed by atoms with E-state index in [-0.39, 0.29) is 0 Å². The van der Waals surface area contributed by atoms with Gasteiger partial charge in [-0.2, -0.15) is 0 Å². The first-order chi connectivity index (χ1) is 6.84. The zero-order valence-corrected chi connectivity index (χ0v) is 8.72. The first-order valence-electron chi connectivity index (χ1n) is 4.61. The molecule has 0 spiro atoms. The predicted octanol–water partition coefficient (Wildman–Crippen LogP) is 2.95. The number of nitrogens with zero attached hydrogens (tertiary/aromatic N) is 1. The molecule has 0 aromatic carbocycles. The number of hydrogen-bond acceptors (Lipinski definition) is 2. The van der Waals surface area contributed by atoms with Crippen molar-refractivity contribution in [3.05, 3.63) is 23.5 Å². The average Bonchev–Trinajstić information content (AvgIpc) is 2.20. The van der Waals surface area contributed by atoms with Crippen LogP contribution in [0.15, 0.2) is 18.5 Å². The van der Waals surface area contributed by atoms with Crippen LogP contribution in [0.4, 0.5) is 5.69 Å². The Morgan fingerprint density at radius 2 is 2.36 bits per heavy atom. The zero-order valence-electron chi connectivity index (χ0n) is 7.96. The van der Waals surface area contributed by atoms with Gasteiger partial charge < -0.3 is 5.32 Å². The number of anilines is 1. The van der Waals surface area contributed by atoms with Crippen LogP contribution < -0.4 is 5.32 Å². The standard InChI is InChI=1S/C11H13ClN2/c1-2-3-4-5-7-14-11-6-8-13-9-10(11)12/h1,6,8-9H,3-5,7H2,(H,13,14). The summed E-state index contributed by atoms with van der Waals surface area (Å²) >= 11 is 5.91.